The molecule has 0 spiro atoms. The fourth-order valence-corrected chi connectivity index (χ4v) is 1.56. The maximum Gasteiger partial charge on any atom is 0.159 e. The van der Waals surface area contributed by atoms with E-state index in [1.54, 1.807) is 25.4 Å². The molecule has 0 saturated carbocycles. The Labute approximate surface area is 98.6 Å². The van der Waals surface area contributed by atoms with Crippen molar-refractivity contribution in [2.45, 2.75) is 13.8 Å². The minimum absolute atomic E-state index is 0.0702. The van der Waals surface area contributed by atoms with Crippen LogP contribution < -0.4 is 0 Å². The van der Waals surface area contributed by atoms with E-state index in [0.29, 0.717) is 17.0 Å². The van der Waals surface area contributed by atoms with Crippen LogP contribution in [0.2, 0.25) is 0 Å². The molecule has 0 saturated heterocycles. The lowest BCUT2D eigenvalue weighted by Crippen LogP contribution is -1.94. The smallest absolute Gasteiger partial charge is 0.159 e. The van der Waals surface area contributed by atoms with E-state index in [1.165, 1.54) is 6.07 Å². The predicted molar refractivity (Wildman–Crippen MR) is 61.6 cm³/mol. The Morgan fingerprint density at radius 3 is 2.35 bits per heavy atom. The zero-order chi connectivity index (χ0) is 12.4. The third-order valence-corrected chi connectivity index (χ3v) is 2.44. The van der Waals surface area contributed by atoms with Crippen LogP contribution in [0.5, 0.6) is 0 Å². The van der Waals surface area contributed by atoms with Crippen LogP contribution in [0.1, 0.15) is 16.7 Å². The fourth-order valence-electron chi connectivity index (χ4n) is 1.56. The molecule has 1 heterocycles. The molecule has 0 bridgehead atoms. The maximum absolute atomic E-state index is 13.6. The van der Waals surface area contributed by atoms with Gasteiger partial charge in [0.25, 0.3) is 0 Å². The van der Waals surface area contributed by atoms with E-state index < -0.39 is 5.82 Å². The molecular weight excluding hydrogens is 217 g/mol. The second-order valence-corrected chi connectivity index (χ2v) is 3.85. The molecule has 0 amide bonds. The first-order valence-electron chi connectivity index (χ1n) is 5.11. The topological polar surface area (TPSA) is 49.6 Å². The van der Waals surface area contributed by atoms with Gasteiger partial charge < -0.3 is 0 Å². The van der Waals surface area contributed by atoms with Gasteiger partial charge in [-0.15, -0.1) is 0 Å². The molecule has 4 heteroatoms. The molecule has 0 aliphatic heterocycles. The Morgan fingerprint density at radius 2 is 1.82 bits per heavy atom. The third-order valence-electron chi connectivity index (χ3n) is 2.44. The Hall–Kier alpha value is -2.28. The number of aromatic nitrogens is 2. The molecule has 2 aromatic rings. The molecule has 84 valence electrons. The number of rotatable bonds is 1. The highest BCUT2D eigenvalue weighted by molar-refractivity contribution is 5.59. The summed E-state index contributed by atoms with van der Waals surface area (Å²) in [7, 11) is 0. The van der Waals surface area contributed by atoms with Crippen LogP contribution >= 0.6 is 0 Å². The van der Waals surface area contributed by atoms with Crippen molar-refractivity contribution in [3.63, 3.8) is 0 Å². The van der Waals surface area contributed by atoms with Gasteiger partial charge in [0.05, 0.1) is 5.56 Å². The molecule has 1 aromatic carbocycles. The van der Waals surface area contributed by atoms with Crippen molar-refractivity contribution in [1.82, 2.24) is 9.97 Å². The minimum atomic E-state index is -0.535. The first kappa shape index (κ1) is 11.2. The first-order chi connectivity index (χ1) is 8.11. The molecular formula is C13H10FN3. The summed E-state index contributed by atoms with van der Waals surface area (Å²) in [5.41, 5.74) is 2.19. The van der Waals surface area contributed by atoms with E-state index in [9.17, 15) is 4.39 Å². The SMILES string of the molecule is Cc1cnc(-c2cc(C)c(C#N)c(F)c2)nc1. The number of halogens is 1. The van der Waals surface area contributed by atoms with Crippen molar-refractivity contribution in [2.75, 3.05) is 0 Å². The lowest BCUT2D eigenvalue weighted by molar-refractivity contribution is 0.623. The monoisotopic (exact) mass is 227 g/mol. The molecule has 3 nitrogen and oxygen atoms in total. The van der Waals surface area contributed by atoms with Gasteiger partial charge in [-0.25, -0.2) is 14.4 Å². The van der Waals surface area contributed by atoms with Crippen LogP contribution in [0.15, 0.2) is 24.5 Å². The van der Waals surface area contributed by atoms with Crippen molar-refractivity contribution < 1.29 is 4.39 Å². The Morgan fingerprint density at radius 1 is 1.18 bits per heavy atom. The van der Waals surface area contributed by atoms with Crippen molar-refractivity contribution in [1.29, 1.82) is 5.26 Å². The van der Waals surface area contributed by atoms with Gasteiger partial charge in [0.15, 0.2) is 5.82 Å². The van der Waals surface area contributed by atoms with Gasteiger partial charge in [0.2, 0.25) is 0 Å². The maximum atomic E-state index is 13.6. The van der Waals surface area contributed by atoms with Gasteiger partial charge in [-0.2, -0.15) is 5.26 Å². The Balaban J connectivity index is 2.55. The third kappa shape index (κ3) is 2.13. The highest BCUT2D eigenvalue weighted by atomic mass is 19.1. The van der Waals surface area contributed by atoms with Crippen LogP contribution in [0.3, 0.4) is 0 Å². The molecule has 0 unspecified atom stereocenters. The average Bonchev–Trinajstić information content (AvgIpc) is 2.29. The standard InChI is InChI=1S/C13H10FN3/c1-8-6-16-13(17-7-8)10-3-9(2)11(5-15)12(14)4-10/h3-4,6-7H,1-2H3. The van der Waals surface area contributed by atoms with E-state index >= 15 is 0 Å². The van der Waals surface area contributed by atoms with Crippen molar-refractivity contribution in [3.8, 4) is 17.5 Å². The lowest BCUT2D eigenvalue weighted by Gasteiger charge is -2.04. The summed E-state index contributed by atoms with van der Waals surface area (Å²) in [5, 5.41) is 8.78. The minimum Gasteiger partial charge on any atom is -0.236 e. The zero-order valence-electron chi connectivity index (χ0n) is 9.53. The van der Waals surface area contributed by atoms with E-state index in [4.69, 9.17) is 5.26 Å². The summed E-state index contributed by atoms with van der Waals surface area (Å²) >= 11 is 0. The number of benzene rings is 1. The fraction of sp³-hybridized carbons (Fsp3) is 0.154. The largest absolute Gasteiger partial charge is 0.236 e. The normalized spacial score (nSPS) is 10.0. The van der Waals surface area contributed by atoms with Crippen molar-refractivity contribution >= 4 is 0 Å². The van der Waals surface area contributed by atoms with Crippen molar-refractivity contribution in [2.24, 2.45) is 0 Å². The molecule has 1 aromatic heterocycles. The summed E-state index contributed by atoms with van der Waals surface area (Å²) in [6.45, 7) is 3.58. The zero-order valence-corrected chi connectivity index (χ0v) is 9.53. The summed E-state index contributed by atoms with van der Waals surface area (Å²) in [4.78, 5) is 8.25. The van der Waals surface area contributed by atoms with E-state index in [-0.39, 0.29) is 5.56 Å². The number of nitrogens with zero attached hydrogens (tertiary/aromatic N) is 3. The average molecular weight is 227 g/mol. The number of hydrogen-bond donors (Lipinski definition) is 0. The van der Waals surface area contributed by atoms with Gasteiger partial charge in [-0.05, 0) is 37.1 Å². The van der Waals surface area contributed by atoms with Gasteiger partial charge in [-0.1, -0.05) is 0 Å². The highest BCUT2D eigenvalue weighted by Crippen LogP contribution is 2.21. The second kappa shape index (κ2) is 4.30. The number of aryl methyl sites for hydroxylation is 2. The Kier molecular flexibility index (Phi) is 2.84. The first-order valence-corrected chi connectivity index (χ1v) is 5.11. The predicted octanol–water partition coefficient (Wildman–Crippen LogP) is 2.77. The van der Waals surface area contributed by atoms with E-state index in [2.05, 4.69) is 9.97 Å². The molecule has 0 aliphatic carbocycles. The van der Waals surface area contributed by atoms with E-state index in [0.717, 1.165) is 5.56 Å². The van der Waals surface area contributed by atoms with Crippen LogP contribution in [0.4, 0.5) is 4.39 Å². The molecule has 17 heavy (non-hydrogen) atoms. The van der Waals surface area contributed by atoms with Crippen LogP contribution in [0.25, 0.3) is 11.4 Å². The Bertz CT molecular complexity index is 574. The lowest BCUT2D eigenvalue weighted by atomic mass is 10.0. The van der Waals surface area contributed by atoms with Gasteiger partial charge >= 0.3 is 0 Å². The van der Waals surface area contributed by atoms with E-state index in [1.807, 2.05) is 13.0 Å². The summed E-state index contributed by atoms with van der Waals surface area (Å²) in [6.07, 6.45) is 3.35. The summed E-state index contributed by atoms with van der Waals surface area (Å²) in [5.74, 6) is -0.0752. The molecule has 0 aliphatic rings. The van der Waals surface area contributed by atoms with Crippen LogP contribution in [-0.2, 0) is 0 Å². The number of hydrogen-bond acceptors (Lipinski definition) is 3. The summed E-state index contributed by atoms with van der Waals surface area (Å²) < 4.78 is 13.6. The van der Waals surface area contributed by atoms with Gasteiger partial charge in [0.1, 0.15) is 11.9 Å². The van der Waals surface area contributed by atoms with Crippen LogP contribution in [-0.4, -0.2) is 9.97 Å². The van der Waals surface area contributed by atoms with Crippen LogP contribution in [0, 0.1) is 31.0 Å². The second-order valence-electron chi connectivity index (χ2n) is 3.85. The van der Waals surface area contributed by atoms with Gasteiger partial charge in [0, 0.05) is 18.0 Å². The molecule has 0 N–H and O–H groups in total. The molecule has 2 rings (SSSR count). The molecule has 0 fully saturated rings. The van der Waals surface area contributed by atoms with Crippen molar-refractivity contribution in [3.05, 3.63) is 47.0 Å². The molecule has 0 radical (unpaired) electrons. The quantitative estimate of drug-likeness (QED) is 0.752. The molecule has 0 atom stereocenters. The summed E-state index contributed by atoms with van der Waals surface area (Å²) in [6, 6.07) is 4.84. The highest BCUT2D eigenvalue weighted by Gasteiger charge is 2.10. The number of nitriles is 1. The van der Waals surface area contributed by atoms with Gasteiger partial charge in [-0.3, -0.25) is 0 Å².